The predicted octanol–water partition coefficient (Wildman–Crippen LogP) is 2.80. The SMILES string of the molecule is CCCC(C)NC(=O)CNCc1ccc(Cl)s1. The molecule has 1 aromatic rings. The molecule has 1 heterocycles. The van der Waals surface area contributed by atoms with Gasteiger partial charge in [-0.1, -0.05) is 24.9 Å². The minimum absolute atomic E-state index is 0.0496. The van der Waals surface area contributed by atoms with Crippen molar-refractivity contribution in [1.82, 2.24) is 10.6 Å². The van der Waals surface area contributed by atoms with Crippen LogP contribution in [0.1, 0.15) is 31.6 Å². The van der Waals surface area contributed by atoms with E-state index >= 15 is 0 Å². The first-order chi connectivity index (χ1) is 8.11. The van der Waals surface area contributed by atoms with Gasteiger partial charge in [0.1, 0.15) is 0 Å². The van der Waals surface area contributed by atoms with Crippen molar-refractivity contribution in [1.29, 1.82) is 0 Å². The maximum atomic E-state index is 11.5. The monoisotopic (exact) mass is 274 g/mol. The lowest BCUT2D eigenvalue weighted by Gasteiger charge is -2.12. The number of hydrogen-bond acceptors (Lipinski definition) is 3. The highest BCUT2D eigenvalue weighted by Gasteiger charge is 2.06. The Morgan fingerprint density at radius 3 is 2.88 bits per heavy atom. The van der Waals surface area contributed by atoms with Gasteiger partial charge in [0.05, 0.1) is 10.9 Å². The zero-order chi connectivity index (χ0) is 12.7. The van der Waals surface area contributed by atoms with Gasteiger partial charge in [-0.25, -0.2) is 0 Å². The number of nitrogens with one attached hydrogen (secondary N) is 2. The van der Waals surface area contributed by atoms with Crippen LogP contribution in [-0.2, 0) is 11.3 Å². The van der Waals surface area contributed by atoms with Crippen LogP contribution in [0.4, 0.5) is 0 Å². The lowest BCUT2D eigenvalue weighted by Crippen LogP contribution is -2.38. The Bertz CT molecular complexity index is 354. The number of carbonyl (C=O) groups is 1. The molecule has 0 aliphatic rings. The zero-order valence-electron chi connectivity index (χ0n) is 10.3. The maximum Gasteiger partial charge on any atom is 0.234 e. The number of thiophene rings is 1. The second-order valence-corrected chi connectivity index (χ2v) is 5.87. The highest BCUT2D eigenvalue weighted by molar-refractivity contribution is 7.16. The van der Waals surface area contributed by atoms with E-state index in [2.05, 4.69) is 17.6 Å². The third-order valence-corrected chi connectivity index (χ3v) is 3.57. The fraction of sp³-hybridized carbons (Fsp3) is 0.583. The molecule has 0 saturated heterocycles. The van der Waals surface area contributed by atoms with Crippen LogP contribution in [0.3, 0.4) is 0 Å². The number of carbonyl (C=O) groups excluding carboxylic acids is 1. The molecule has 1 aromatic heterocycles. The molecule has 0 spiro atoms. The van der Waals surface area contributed by atoms with E-state index in [1.165, 1.54) is 11.3 Å². The average molecular weight is 275 g/mol. The van der Waals surface area contributed by atoms with Gasteiger partial charge in [-0.2, -0.15) is 0 Å². The summed E-state index contributed by atoms with van der Waals surface area (Å²) in [6.45, 7) is 5.18. The molecule has 0 radical (unpaired) electrons. The lowest BCUT2D eigenvalue weighted by atomic mass is 10.2. The molecule has 5 heteroatoms. The van der Waals surface area contributed by atoms with Gasteiger partial charge in [0.25, 0.3) is 0 Å². The summed E-state index contributed by atoms with van der Waals surface area (Å²) < 4.78 is 0.780. The second-order valence-electron chi connectivity index (χ2n) is 4.07. The molecule has 0 aromatic carbocycles. The minimum atomic E-state index is 0.0496. The van der Waals surface area contributed by atoms with Gasteiger partial charge in [0, 0.05) is 17.5 Å². The molecule has 2 N–H and O–H groups in total. The van der Waals surface area contributed by atoms with Gasteiger partial charge in [-0.15, -0.1) is 11.3 Å². The van der Waals surface area contributed by atoms with E-state index < -0.39 is 0 Å². The molecule has 0 aliphatic heterocycles. The normalized spacial score (nSPS) is 12.4. The Morgan fingerprint density at radius 2 is 2.29 bits per heavy atom. The fourth-order valence-electron chi connectivity index (χ4n) is 1.58. The van der Waals surface area contributed by atoms with E-state index in [-0.39, 0.29) is 11.9 Å². The Morgan fingerprint density at radius 1 is 1.53 bits per heavy atom. The van der Waals surface area contributed by atoms with Crippen molar-refractivity contribution in [2.75, 3.05) is 6.54 Å². The molecule has 1 unspecified atom stereocenters. The highest BCUT2D eigenvalue weighted by atomic mass is 35.5. The molecule has 96 valence electrons. The first kappa shape index (κ1) is 14.5. The first-order valence-corrected chi connectivity index (χ1v) is 7.05. The van der Waals surface area contributed by atoms with E-state index in [9.17, 15) is 4.79 Å². The van der Waals surface area contributed by atoms with Gasteiger partial charge < -0.3 is 10.6 Å². The number of hydrogen-bond donors (Lipinski definition) is 2. The topological polar surface area (TPSA) is 41.1 Å². The summed E-state index contributed by atoms with van der Waals surface area (Å²) in [6.07, 6.45) is 2.11. The number of amides is 1. The minimum Gasteiger partial charge on any atom is -0.353 e. The van der Waals surface area contributed by atoms with Crippen LogP contribution in [-0.4, -0.2) is 18.5 Å². The summed E-state index contributed by atoms with van der Waals surface area (Å²) in [4.78, 5) is 12.7. The van der Waals surface area contributed by atoms with Crippen LogP contribution in [0.25, 0.3) is 0 Å². The molecule has 0 bridgehead atoms. The first-order valence-electron chi connectivity index (χ1n) is 5.86. The van der Waals surface area contributed by atoms with Crippen molar-refractivity contribution in [2.45, 2.75) is 39.3 Å². The molecule has 0 fully saturated rings. The van der Waals surface area contributed by atoms with Crippen LogP contribution in [0.2, 0.25) is 4.34 Å². The van der Waals surface area contributed by atoms with Crippen LogP contribution < -0.4 is 10.6 Å². The van der Waals surface area contributed by atoms with Gasteiger partial charge in [0.15, 0.2) is 0 Å². The van der Waals surface area contributed by atoms with E-state index in [1.54, 1.807) is 0 Å². The maximum absolute atomic E-state index is 11.5. The molecule has 0 saturated carbocycles. The van der Waals surface area contributed by atoms with Crippen molar-refractivity contribution in [2.24, 2.45) is 0 Å². The van der Waals surface area contributed by atoms with E-state index in [0.29, 0.717) is 13.1 Å². The fourth-order valence-corrected chi connectivity index (χ4v) is 2.63. The van der Waals surface area contributed by atoms with Gasteiger partial charge >= 0.3 is 0 Å². The van der Waals surface area contributed by atoms with Gasteiger partial charge in [-0.05, 0) is 25.5 Å². The molecule has 1 amide bonds. The molecule has 0 aliphatic carbocycles. The summed E-state index contributed by atoms with van der Waals surface area (Å²) in [5.41, 5.74) is 0. The standard InChI is InChI=1S/C12H19ClN2OS/c1-3-4-9(2)15-12(16)8-14-7-10-5-6-11(13)17-10/h5-6,9,14H,3-4,7-8H2,1-2H3,(H,15,16). The molecule has 3 nitrogen and oxygen atoms in total. The largest absolute Gasteiger partial charge is 0.353 e. The van der Waals surface area contributed by atoms with Crippen molar-refractivity contribution < 1.29 is 4.79 Å². The predicted molar refractivity (Wildman–Crippen MR) is 73.5 cm³/mol. The smallest absolute Gasteiger partial charge is 0.234 e. The van der Waals surface area contributed by atoms with Crippen LogP contribution >= 0.6 is 22.9 Å². The van der Waals surface area contributed by atoms with Crippen LogP contribution in [0, 0.1) is 0 Å². The Kier molecular flexibility index (Phi) is 6.55. The Balaban J connectivity index is 2.16. The quantitative estimate of drug-likeness (QED) is 0.803. The van der Waals surface area contributed by atoms with Gasteiger partial charge in [0.2, 0.25) is 5.91 Å². The molecular formula is C12H19ClN2OS. The number of halogens is 1. The summed E-state index contributed by atoms with van der Waals surface area (Å²) in [5.74, 6) is 0.0496. The highest BCUT2D eigenvalue weighted by Crippen LogP contribution is 2.20. The van der Waals surface area contributed by atoms with E-state index in [4.69, 9.17) is 11.6 Å². The number of rotatable bonds is 7. The molecule has 1 atom stereocenters. The van der Waals surface area contributed by atoms with Crippen molar-refractivity contribution in [3.63, 3.8) is 0 Å². The molecule has 17 heavy (non-hydrogen) atoms. The van der Waals surface area contributed by atoms with E-state index in [0.717, 1.165) is 22.1 Å². The third-order valence-electron chi connectivity index (χ3n) is 2.34. The van der Waals surface area contributed by atoms with Gasteiger partial charge in [-0.3, -0.25) is 4.79 Å². The van der Waals surface area contributed by atoms with Crippen molar-refractivity contribution in [3.8, 4) is 0 Å². The van der Waals surface area contributed by atoms with E-state index in [1.807, 2.05) is 19.1 Å². The second kappa shape index (κ2) is 7.69. The average Bonchev–Trinajstić information content (AvgIpc) is 2.64. The third kappa shape index (κ3) is 6.05. The van der Waals surface area contributed by atoms with Crippen LogP contribution in [0.5, 0.6) is 0 Å². The van der Waals surface area contributed by atoms with Crippen molar-refractivity contribution in [3.05, 3.63) is 21.3 Å². The molecular weight excluding hydrogens is 256 g/mol. The zero-order valence-corrected chi connectivity index (χ0v) is 11.8. The van der Waals surface area contributed by atoms with Crippen LogP contribution in [0.15, 0.2) is 12.1 Å². The summed E-state index contributed by atoms with van der Waals surface area (Å²) in [5, 5.41) is 6.05. The molecule has 1 rings (SSSR count). The summed E-state index contributed by atoms with van der Waals surface area (Å²) >= 11 is 7.35. The lowest BCUT2D eigenvalue weighted by molar-refractivity contribution is -0.120. The Labute approximate surface area is 112 Å². The Hall–Kier alpha value is -0.580. The van der Waals surface area contributed by atoms with Crippen molar-refractivity contribution >= 4 is 28.8 Å². The summed E-state index contributed by atoms with van der Waals surface area (Å²) in [6, 6.07) is 4.09. The summed E-state index contributed by atoms with van der Waals surface area (Å²) in [7, 11) is 0.